The number of thiol groups is 1. The van der Waals surface area contributed by atoms with Crippen LogP contribution in [0.25, 0.3) is 0 Å². The lowest BCUT2D eigenvalue weighted by atomic mass is 9.70. The highest BCUT2D eigenvalue weighted by molar-refractivity contribution is 7.81. The van der Waals surface area contributed by atoms with Gasteiger partial charge in [-0.1, -0.05) is 6.92 Å². The number of carbonyl (C=O) groups is 1. The molecule has 2 bridgehead atoms. The van der Waals surface area contributed by atoms with E-state index in [1.165, 1.54) is 6.42 Å². The molecular weight excluding hydrogens is 196 g/mol. The molecule has 1 aliphatic heterocycles. The number of esters is 1. The maximum absolute atomic E-state index is 11.2. The van der Waals surface area contributed by atoms with E-state index >= 15 is 0 Å². The van der Waals surface area contributed by atoms with Crippen molar-refractivity contribution in [3.8, 4) is 0 Å². The van der Waals surface area contributed by atoms with E-state index < -0.39 is 0 Å². The highest BCUT2D eigenvalue weighted by Gasteiger charge is 2.61. The lowest BCUT2D eigenvalue weighted by molar-refractivity contribution is -0.137. The van der Waals surface area contributed by atoms with Gasteiger partial charge in [-0.25, -0.2) is 0 Å². The van der Waals surface area contributed by atoms with Crippen LogP contribution in [0, 0.1) is 17.3 Å². The number of hydrogen-bond acceptors (Lipinski definition) is 3. The highest BCUT2D eigenvalue weighted by Crippen LogP contribution is 2.64. The van der Waals surface area contributed by atoms with Crippen LogP contribution in [0.2, 0.25) is 0 Å². The molecule has 0 radical (unpaired) electrons. The zero-order chi connectivity index (χ0) is 9.97. The summed E-state index contributed by atoms with van der Waals surface area (Å²) in [6, 6.07) is 0. The Hall–Kier alpha value is -0.180. The van der Waals surface area contributed by atoms with Gasteiger partial charge in [0, 0.05) is 10.2 Å². The minimum atomic E-state index is 0.0124. The number of carbonyl (C=O) groups excluding carboxylic acids is 1. The molecule has 3 rings (SSSR count). The first kappa shape index (κ1) is 9.08. The average Bonchev–Trinajstić information content (AvgIpc) is 2.66. The Morgan fingerprint density at radius 2 is 2.21 bits per heavy atom. The summed E-state index contributed by atoms with van der Waals surface area (Å²) < 4.78 is 5.36. The first-order chi connectivity index (χ1) is 6.52. The summed E-state index contributed by atoms with van der Waals surface area (Å²) >= 11 is 4.73. The molecule has 2 nitrogen and oxygen atoms in total. The van der Waals surface area contributed by atoms with E-state index in [1.54, 1.807) is 0 Å². The molecule has 0 amide bonds. The second-order valence-corrected chi connectivity index (χ2v) is 6.62. The van der Waals surface area contributed by atoms with Crippen molar-refractivity contribution in [1.29, 1.82) is 0 Å². The summed E-state index contributed by atoms with van der Waals surface area (Å²) in [5.74, 6) is 1.39. The molecule has 3 aliphatic rings. The molecule has 1 saturated heterocycles. The maximum atomic E-state index is 11.2. The molecule has 0 aromatic heterocycles. The van der Waals surface area contributed by atoms with Crippen LogP contribution >= 0.6 is 12.6 Å². The molecule has 0 aromatic rings. The predicted molar refractivity (Wildman–Crippen MR) is 56.2 cm³/mol. The molecule has 3 unspecified atom stereocenters. The normalized spacial score (nSPS) is 55.7. The molecular formula is C11H16O2S. The summed E-state index contributed by atoms with van der Waals surface area (Å²) in [6.45, 7) is 2.92. The molecule has 0 N–H and O–H groups in total. The largest absolute Gasteiger partial charge is 0.465 e. The van der Waals surface area contributed by atoms with E-state index in [0.29, 0.717) is 24.9 Å². The molecule has 2 aliphatic carbocycles. The van der Waals surface area contributed by atoms with Gasteiger partial charge in [0.2, 0.25) is 0 Å². The van der Waals surface area contributed by atoms with Gasteiger partial charge in [-0.2, -0.15) is 12.6 Å². The molecule has 2 saturated carbocycles. The maximum Gasteiger partial charge on any atom is 0.306 e. The zero-order valence-corrected chi connectivity index (χ0v) is 9.35. The van der Waals surface area contributed by atoms with E-state index in [9.17, 15) is 4.79 Å². The first-order valence-corrected chi connectivity index (χ1v) is 5.85. The average molecular weight is 212 g/mol. The quantitative estimate of drug-likeness (QED) is 0.491. The van der Waals surface area contributed by atoms with E-state index in [2.05, 4.69) is 6.92 Å². The summed E-state index contributed by atoms with van der Waals surface area (Å²) in [6.07, 6.45) is 4.25. The van der Waals surface area contributed by atoms with E-state index in [4.69, 9.17) is 17.4 Å². The molecule has 1 heterocycles. The summed E-state index contributed by atoms with van der Waals surface area (Å²) in [7, 11) is 0. The van der Waals surface area contributed by atoms with Crippen molar-refractivity contribution in [1.82, 2.24) is 0 Å². The van der Waals surface area contributed by atoms with Gasteiger partial charge in [-0.3, -0.25) is 4.79 Å². The van der Waals surface area contributed by atoms with Crippen molar-refractivity contribution in [3.63, 3.8) is 0 Å². The Bertz CT molecular complexity index is 300. The molecule has 14 heavy (non-hydrogen) atoms. The van der Waals surface area contributed by atoms with Gasteiger partial charge in [-0.05, 0) is 31.1 Å². The van der Waals surface area contributed by atoms with Crippen molar-refractivity contribution in [2.24, 2.45) is 17.3 Å². The summed E-state index contributed by atoms with van der Waals surface area (Å²) in [5.41, 5.74) is 0.212. The molecule has 78 valence electrons. The van der Waals surface area contributed by atoms with Crippen LogP contribution in [0.15, 0.2) is 0 Å². The number of fused-ring (bicyclic) bond motifs is 3. The van der Waals surface area contributed by atoms with Gasteiger partial charge in [0.25, 0.3) is 0 Å². The minimum absolute atomic E-state index is 0.0124. The van der Waals surface area contributed by atoms with Crippen LogP contribution in [0.1, 0.15) is 32.6 Å². The third-order valence-corrected chi connectivity index (χ3v) is 5.19. The number of rotatable bonds is 0. The second kappa shape index (κ2) is 2.49. The number of cyclic esters (lactones) is 1. The Morgan fingerprint density at radius 3 is 2.64 bits per heavy atom. The zero-order valence-electron chi connectivity index (χ0n) is 8.45. The van der Waals surface area contributed by atoms with Crippen LogP contribution in [0.4, 0.5) is 0 Å². The fraction of sp³-hybridized carbons (Fsp3) is 0.909. The minimum Gasteiger partial charge on any atom is -0.465 e. The van der Waals surface area contributed by atoms with E-state index in [1.807, 2.05) is 0 Å². The predicted octanol–water partition coefficient (Wildman–Crippen LogP) is 2.04. The van der Waals surface area contributed by atoms with Gasteiger partial charge in [0.05, 0.1) is 13.0 Å². The number of ether oxygens (including phenoxy) is 1. The van der Waals surface area contributed by atoms with Crippen molar-refractivity contribution in [2.45, 2.75) is 37.4 Å². The monoisotopic (exact) mass is 212 g/mol. The lowest BCUT2D eigenvalue weighted by Gasteiger charge is -2.38. The van der Waals surface area contributed by atoms with Crippen molar-refractivity contribution in [2.75, 3.05) is 6.61 Å². The Labute approximate surface area is 89.8 Å². The SMILES string of the molecule is C[C@]1(S)CC2CC1CC21COC(=O)C1. The standard InChI is InChI=1S/C11H16O2S/c1-10(14)3-8-2-7(10)4-11(8)5-9(12)13-6-11/h7-8,14H,2-6H2,1H3/t7?,8?,10-,11?/m0/s1. The molecule has 0 aromatic carbocycles. The fourth-order valence-electron chi connectivity index (χ4n) is 3.78. The molecule has 3 fully saturated rings. The van der Waals surface area contributed by atoms with Gasteiger partial charge in [-0.15, -0.1) is 0 Å². The molecule has 4 atom stereocenters. The fourth-order valence-corrected chi connectivity index (χ4v) is 4.20. The van der Waals surface area contributed by atoms with Gasteiger partial charge < -0.3 is 4.74 Å². The lowest BCUT2D eigenvalue weighted by Crippen LogP contribution is -2.36. The Kier molecular flexibility index (Phi) is 1.61. The van der Waals surface area contributed by atoms with E-state index in [-0.39, 0.29) is 16.1 Å². The first-order valence-electron chi connectivity index (χ1n) is 5.40. The topological polar surface area (TPSA) is 26.3 Å². The summed E-state index contributed by atoms with van der Waals surface area (Å²) in [5, 5.41) is 0. The molecule has 3 heteroatoms. The second-order valence-electron chi connectivity index (χ2n) is 5.59. The van der Waals surface area contributed by atoms with Crippen LogP contribution in [-0.2, 0) is 9.53 Å². The van der Waals surface area contributed by atoms with Crippen LogP contribution in [0.3, 0.4) is 0 Å². The van der Waals surface area contributed by atoms with Crippen molar-refractivity contribution >= 4 is 18.6 Å². The summed E-state index contributed by atoms with van der Waals surface area (Å²) in [4.78, 5) is 11.2. The highest BCUT2D eigenvalue weighted by atomic mass is 32.1. The van der Waals surface area contributed by atoms with Gasteiger partial charge >= 0.3 is 5.97 Å². The van der Waals surface area contributed by atoms with Crippen molar-refractivity contribution < 1.29 is 9.53 Å². The Balaban J connectivity index is 1.86. The van der Waals surface area contributed by atoms with Crippen molar-refractivity contribution in [3.05, 3.63) is 0 Å². The van der Waals surface area contributed by atoms with Crippen LogP contribution < -0.4 is 0 Å². The van der Waals surface area contributed by atoms with Gasteiger partial charge in [0.1, 0.15) is 0 Å². The smallest absolute Gasteiger partial charge is 0.306 e. The van der Waals surface area contributed by atoms with Crippen LogP contribution in [0.5, 0.6) is 0 Å². The van der Waals surface area contributed by atoms with E-state index in [0.717, 1.165) is 12.8 Å². The Morgan fingerprint density at radius 1 is 1.43 bits per heavy atom. The van der Waals surface area contributed by atoms with Gasteiger partial charge in [0.15, 0.2) is 0 Å². The third kappa shape index (κ3) is 1.02. The molecule has 1 spiro atoms. The van der Waals surface area contributed by atoms with Crippen LogP contribution in [-0.4, -0.2) is 17.3 Å². The third-order valence-electron chi connectivity index (χ3n) is 4.64. The number of hydrogen-bond donors (Lipinski definition) is 1.